The Balaban J connectivity index is 1.87. The van der Waals surface area contributed by atoms with Crippen LogP contribution in [0.1, 0.15) is 0 Å². The fourth-order valence-corrected chi connectivity index (χ4v) is 2.18. The summed E-state index contributed by atoms with van der Waals surface area (Å²) in [6, 6.07) is 3.22. The fraction of sp³-hybridized carbons (Fsp3) is 0.417. The SMILES string of the molecule is C[NH+]1CCN(NC(=S)Nc2cc(F)cc(F)c2)CC1. The second-order valence-electron chi connectivity index (χ2n) is 4.67. The quantitative estimate of drug-likeness (QED) is 0.669. The fourth-order valence-electron chi connectivity index (χ4n) is 1.93. The molecular formula is C12H17F2N4S+. The molecule has 4 nitrogen and oxygen atoms in total. The summed E-state index contributed by atoms with van der Waals surface area (Å²) in [7, 11) is 2.14. The maximum Gasteiger partial charge on any atom is 0.185 e. The largest absolute Gasteiger partial charge is 0.335 e. The van der Waals surface area contributed by atoms with Crippen molar-refractivity contribution in [2.24, 2.45) is 0 Å². The molecule has 0 amide bonds. The first-order valence-electron chi connectivity index (χ1n) is 6.13. The van der Waals surface area contributed by atoms with Crippen LogP contribution >= 0.6 is 12.2 Å². The molecule has 1 aromatic rings. The van der Waals surface area contributed by atoms with Crippen LogP contribution in [0, 0.1) is 11.6 Å². The van der Waals surface area contributed by atoms with Crippen molar-refractivity contribution < 1.29 is 13.7 Å². The van der Waals surface area contributed by atoms with E-state index < -0.39 is 11.6 Å². The van der Waals surface area contributed by atoms with Crippen molar-refractivity contribution in [3.63, 3.8) is 0 Å². The lowest BCUT2D eigenvalue weighted by Gasteiger charge is -2.30. The number of likely N-dealkylation sites (N-methyl/N-ethyl adjacent to an activating group) is 1. The van der Waals surface area contributed by atoms with Crippen molar-refractivity contribution in [2.45, 2.75) is 0 Å². The molecule has 0 aliphatic carbocycles. The molecule has 2 rings (SSSR count). The first kappa shape index (κ1) is 14.1. The maximum absolute atomic E-state index is 13.0. The Bertz CT molecular complexity index is 441. The summed E-state index contributed by atoms with van der Waals surface area (Å²) in [5, 5.41) is 5.11. The molecule has 0 unspecified atom stereocenters. The molecule has 0 spiro atoms. The molecule has 104 valence electrons. The van der Waals surface area contributed by atoms with Crippen LogP contribution in [0.4, 0.5) is 14.5 Å². The summed E-state index contributed by atoms with van der Waals surface area (Å²) in [5.74, 6) is -1.26. The minimum absolute atomic E-state index is 0.301. The van der Waals surface area contributed by atoms with Crippen LogP contribution in [0.25, 0.3) is 0 Å². The van der Waals surface area contributed by atoms with Crippen molar-refractivity contribution in [3.05, 3.63) is 29.8 Å². The van der Waals surface area contributed by atoms with E-state index in [4.69, 9.17) is 12.2 Å². The average molecular weight is 287 g/mol. The molecular weight excluding hydrogens is 270 g/mol. The molecule has 1 heterocycles. The van der Waals surface area contributed by atoms with Gasteiger partial charge >= 0.3 is 0 Å². The Hall–Kier alpha value is -1.31. The van der Waals surface area contributed by atoms with E-state index in [1.54, 1.807) is 0 Å². The van der Waals surface area contributed by atoms with Crippen LogP contribution < -0.4 is 15.6 Å². The first-order chi connectivity index (χ1) is 9.02. The zero-order chi connectivity index (χ0) is 13.8. The van der Waals surface area contributed by atoms with Gasteiger partial charge in [-0.05, 0) is 24.4 Å². The number of hydrazine groups is 1. The topological polar surface area (TPSA) is 31.7 Å². The Morgan fingerprint density at radius 3 is 2.37 bits per heavy atom. The van der Waals surface area contributed by atoms with Gasteiger partial charge in [0.1, 0.15) is 11.6 Å². The predicted molar refractivity (Wildman–Crippen MR) is 73.9 cm³/mol. The van der Waals surface area contributed by atoms with Gasteiger partial charge in [-0.2, -0.15) is 0 Å². The highest BCUT2D eigenvalue weighted by Crippen LogP contribution is 2.12. The summed E-state index contributed by atoms with van der Waals surface area (Å²) >= 11 is 5.12. The molecule has 1 aliphatic rings. The zero-order valence-corrected chi connectivity index (χ0v) is 11.5. The molecule has 1 aromatic carbocycles. The molecule has 1 saturated heterocycles. The Morgan fingerprint density at radius 2 is 1.79 bits per heavy atom. The minimum Gasteiger partial charge on any atom is -0.335 e. The number of halogens is 2. The number of rotatable bonds is 2. The summed E-state index contributed by atoms with van der Waals surface area (Å²) < 4.78 is 26.0. The van der Waals surface area contributed by atoms with Gasteiger partial charge in [-0.25, -0.2) is 13.8 Å². The van der Waals surface area contributed by atoms with Gasteiger partial charge in [0, 0.05) is 11.8 Å². The van der Waals surface area contributed by atoms with E-state index in [9.17, 15) is 8.78 Å². The van der Waals surface area contributed by atoms with Gasteiger partial charge < -0.3 is 10.2 Å². The number of nitrogens with one attached hydrogen (secondary N) is 3. The number of thiocarbonyl (C=S) groups is 1. The molecule has 1 aliphatic heterocycles. The van der Waals surface area contributed by atoms with Crippen molar-refractivity contribution in [1.29, 1.82) is 0 Å². The van der Waals surface area contributed by atoms with E-state index in [-0.39, 0.29) is 0 Å². The van der Waals surface area contributed by atoms with Crippen molar-refractivity contribution in [1.82, 2.24) is 10.4 Å². The lowest BCUT2D eigenvalue weighted by Crippen LogP contribution is -3.12. The average Bonchev–Trinajstić information content (AvgIpc) is 2.30. The smallest absolute Gasteiger partial charge is 0.185 e. The number of hydrogen-bond donors (Lipinski definition) is 3. The van der Waals surface area contributed by atoms with Gasteiger partial charge in [-0.3, -0.25) is 5.43 Å². The van der Waals surface area contributed by atoms with Crippen molar-refractivity contribution in [2.75, 3.05) is 38.5 Å². The van der Waals surface area contributed by atoms with Crippen LogP contribution in [0.15, 0.2) is 18.2 Å². The van der Waals surface area contributed by atoms with Gasteiger partial charge in [-0.15, -0.1) is 0 Å². The van der Waals surface area contributed by atoms with E-state index in [0.717, 1.165) is 32.2 Å². The number of piperazine rings is 1. The third kappa shape index (κ3) is 4.38. The summed E-state index contributed by atoms with van der Waals surface area (Å²) in [6.45, 7) is 3.82. The molecule has 0 saturated carbocycles. The molecule has 7 heteroatoms. The third-order valence-corrected chi connectivity index (χ3v) is 3.19. The molecule has 0 aromatic heterocycles. The van der Waals surface area contributed by atoms with E-state index >= 15 is 0 Å². The maximum atomic E-state index is 13.0. The normalized spacial score (nSPS) is 17.2. The molecule has 0 atom stereocenters. The van der Waals surface area contributed by atoms with Gasteiger partial charge in [-0.1, -0.05) is 0 Å². The number of hydrogen-bond acceptors (Lipinski definition) is 2. The van der Waals surface area contributed by atoms with E-state index in [1.165, 1.54) is 17.0 Å². The molecule has 3 N–H and O–H groups in total. The van der Waals surface area contributed by atoms with Gasteiger partial charge in [0.15, 0.2) is 5.11 Å². The van der Waals surface area contributed by atoms with Gasteiger partial charge in [0.25, 0.3) is 0 Å². The lowest BCUT2D eigenvalue weighted by molar-refractivity contribution is -0.884. The van der Waals surface area contributed by atoms with Crippen LogP contribution in [0.5, 0.6) is 0 Å². The molecule has 0 radical (unpaired) electrons. The third-order valence-electron chi connectivity index (χ3n) is 3.00. The van der Waals surface area contributed by atoms with Crippen LogP contribution in [-0.4, -0.2) is 43.3 Å². The van der Waals surface area contributed by atoms with Crippen LogP contribution in [0.3, 0.4) is 0 Å². The van der Waals surface area contributed by atoms with Gasteiger partial charge in [0.05, 0.1) is 33.2 Å². The number of anilines is 1. The second-order valence-corrected chi connectivity index (χ2v) is 5.08. The zero-order valence-electron chi connectivity index (χ0n) is 10.7. The van der Waals surface area contributed by atoms with Crippen LogP contribution in [0.2, 0.25) is 0 Å². The predicted octanol–water partition coefficient (Wildman–Crippen LogP) is -0.00350. The highest BCUT2D eigenvalue weighted by atomic mass is 32.1. The number of nitrogens with zero attached hydrogens (tertiary/aromatic N) is 1. The summed E-state index contributed by atoms with van der Waals surface area (Å²) in [6.07, 6.45) is 0. The standard InChI is InChI=1S/C12H16F2N4S/c1-17-2-4-18(5-3-17)16-12(19)15-11-7-9(13)6-10(14)8-11/h6-8H,2-5H2,1H3,(H2,15,16,19)/p+1. The van der Waals surface area contributed by atoms with Crippen LogP contribution in [-0.2, 0) is 0 Å². The van der Waals surface area contributed by atoms with E-state index in [0.29, 0.717) is 10.8 Å². The lowest BCUT2D eigenvalue weighted by atomic mass is 10.3. The van der Waals surface area contributed by atoms with Gasteiger partial charge in [0.2, 0.25) is 0 Å². The highest BCUT2D eigenvalue weighted by Gasteiger charge is 2.17. The Labute approximate surface area is 116 Å². The minimum atomic E-state index is -0.631. The van der Waals surface area contributed by atoms with E-state index in [2.05, 4.69) is 17.8 Å². The monoisotopic (exact) mass is 287 g/mol. The molecule has 1 fully saturated rings. The Kier molecular flexibility index (Phi) is 4.62. The second kappa shape index (κ2) is 6.23. The summed E-state index contributed by atoms with van der Waals surface area (Å²) in [5.41, 5.74) is 3.32. The van der Waals surface area contributed by atoms with E-state index in [1.807, 2.05) is 5.01 Å². The van der Waals surface area contributed by atoms with Crippen molar-refractivity contribution in [3.8, 4) is 0 Å². The number of benzene rings is 1. The van der Waals surface area contributed by atoms with Crippen molar-refractivity contribution >= 4 is 23.0 Å². The molecule has 0 bridgehead atoms. The first-order valence-corrected chi connectivity index (χ1v) is 6.54. The molecule has 19 heavy (non-hydrogen) atoms. The highest BCUT2D eigenvalue weighted by molar-refractivity contribution is 7.80. The summed E-state index contributed by atoms with van der Waals surface area (Å²) in [4.78, 5) is 1.48. The number of quaternary nitrogens is 1. The Morgan fingerprint density at radius 1 is 1.21 bits per heavy atom.